The number of allylic oxidation sites excluding steroid dienone is 3. The van der Waals surface area contributed by atoms with Crippen LogP contribution in [0.5, 0.6) is 0 Å². The highest BCUT2D eigenvalue weighted by Crippen LogP contribution is 2.22. The third kappa shape index (κ3) is 5.23. The molecule has 0 bridgehead atoms. The molecule has 11 nitrogen and oxygen atoms in total. The van der Waals surface area contributed by atoms with Gasteiger partial charge in [-0.25, -0.2) is 4.98 Å². The van der Waals surface area contributed by atoms with Crippen LogP contribution in [0.2, 0.25) is 0 Å². The van der Waals surface area contributed by atoms with Gasteiger partial charge in [0.2, 0.25) is 11.9 Å². The maximum Gasteiger partial charge on any atom is 0.528 e. The molecule has 11 heteroatoms. The van der Waals surface area contributed by atoms with Gasteiger partial charge in [0.05, 0.1) is 27.1 Å². The maximum atomic E-state index is 12.8. The minimum atomic E-state index is -0.817. The van der Waals surface area contributed by atoms with Crippen LogP contribution in [0.3, 0.4) is 0 Å². The Morgan fingerprint density at radius 3 is 2.81 bits per heavy atom. The number of amides is 2. The molecule has 0 aromatic carbocycles. The summed E-state index contributed by atoms with van der Waals surface area (Å²) in [4.78, 5) is 51.6. The highest BCUT2D eigenvalue weighted by molar-refractivity contribution is 5.90. The van der Waals surface area contributed by atoms with Gasteiger partial charge in [-0.3, -0.25) is 9.59 Å². The van der Waals surface area contributed by atoms with E-state index in [0.29, 0.717) is 18.8 Å². The van der Waals surface area contributed by atoms with E-state index in [1.807, 2.05) is 12.2 Å². The second-order valence-electron chi connectivity index (χ2n) is 7.50. The number of rotatable bonds is 6. The number of hydrogen-bond acceptors (Lipinski definition) is 9. The fraction of sp³-hybridized carbons (Fsp3) is 0.500. The predicted octanol–water partition coefficient (Wildman–Crippen LogP) is 1.07. The van der Waals surface area contributed by atoms with Crippen LogP contribution in [0.4, 0.5) is 16.7 Å². The number of ether oxygens (including phenoxy) is 2. The number of nitrogens with one attached hydrogen (secondary N) is 1. The van der Waals surface area contributed by atoms with E-state index < -0.39 is 18.1 Å². The highest BCUT2D eigenvalue weighted by Gasteiger charge is 2.38. The zero-order valence-corrected chi connectivity index (χ0v) is 17.9. The molecule has 1 unspecified atom stereocenters. The standard InChI is InChI=1S/C20H26N6O5/c1-4-30-16(27)12-15-17(28)21-10-11-25(15)18-22-13-23-19(24-18)26(2,3)20(29)31-14-8-6-5-7-9-14/h6,8-9,13,15H,4-5,7,10-12H2,1-3H3/p+1. The van der Waals surface area contributed by atoms with E-state index in [1.54, 1.807) is 32.0 Å². The van der Waals surface area contributed by atoms with Crippen molar-refractivity contribution < 1.29 is 23.9 Å². The van der Waals surface area contributed by atoms with Gasteiger partial charge in [-0.05, 0) is 31.9 Å². The van der Waals surface area contributed by atoms with Gasteiger partial charge in [-0.1, -0.05) is 6.08 Å². The number of hydrogen-bond donors (Lipinski definition) is 1. The summed E-state index contributed by atoms with van der Waals surface area (Å²) in [6, 6.07) is -0.817. The number of quaternary nitrogens is 1. The van der Waals surface area contributed by atoms with Crippen LogP contribution in [-0.4, -0.2) is 72.8 Å². The zero-order valence-electron chi connectivity index (χ0n) is 17.9. The molecule has 1 saturated heterocycles. The fourth-order valence-corrected chi connectivity index (χ4v) is 3.18. The lowest BCUT2D eigenvalue weighted by Gasteiger charge is -2.34. The first-order chi connectivity index (χ1) is 14.8. The minimum Gasteiger partial charge on any atom is -0.466 e. The first-order valence-electron chi connectivity index (χ1n) is 10.2. The van der Waals surface area contributed by atoms with Crippen LogP contribution in [0.1, 0.15) is 26.2 Å². The molecule has 1 atom stereocenters. The summed E-state index contributed by atoms with van der Waals surface area (Å²) in [5, 5.41) is 2.74. The van der Waals surface area contributed by atoms with Gasteiger partial charge in [-0.2, -0.15) is 14.3 Å². The van der Waals surface area contributed by atoms with Crippen LogP contribution in [0.25, 0.3) is 0 Å². The Hall–Kier alpha value is -3.34. The maximum absolute atomic E-state index is 12.8. The molecule has 1 aromatic heterocycles. The smallest absolute Gasteiger partial charge is 0.466 e. The molecule has 3 rings (SSSR count). The first kappa shape index (κ1) is 22.3. The van der Waals surface area contributed by atoms with Crippen molar-refractivity contribution in [1.82, 2.24) is 24.8 Å². The molecule has 0 saturated carbocycles. The van der Waals surface area contributed by atoms with E-state index in [4.69, 9.17) is 9.47 Å². The van der Waals surface area contributed by atoms with Crippen LogP contribution >= 0.6 is 0 Å². The predicted molar refractivity (Wildman–Crippen MR) is 112 cm³/mol. The number of piperazine rings is 1. The molecule has 1 N–H and O–H groups in total. The van der Waals surface area contributed by atoms with Crippen molar-refractivity contribution in [2.24, 2.45) is 0 Å². The van der Waals surface area contributed by atoms with Crippen molar-refractivity contribution in [3.05, 3.63) is 30.3 Å². The monoisotopic (exact) mass is 431 g/mol. The van der Waals surface area contributed by atoms with Gasteiger partial charge >= 0.3 is 18.0 Å². The van der Waals surface area contributed by atoms with Gasteiger partial charge in [0.25, 0.3) is 0 Å². The molecule has 2 amide bonds. The third-order valence-corrected chi connectivity index (χ3v) is 4.92. The highest BCUT2D eigenvalue weighted by atomic mass is 16.6. The van der Waals surface area contributed by atoms with Crippen LogP contribution in [-0.2, 0) is 19.1 Å². The fourth-order valence-electron chi connectivity index (χ4n) is 3.18. The van der Waals surface area contributed by atoms with E-state index in [0.717, 1.165) is 12.8 Å². The van der Waals surface area contributed by atoms with Gasteiger partial charge in [0.15, 0.2) is 0 Å². The summed E-state index contributed by atoms with van der Waals surface area (Å²) in [6.07, 6.45) is 7.84. The van der Waals surface area contributed by atoms with Crippen LogP contribution < -0.4 is 14.7 Å². The van der Waals surface area contributed by atoms with Crippen molar-refractivity contribution in [3.8, 4) is 0 Å². The molecule has 2 heterocycles. The lowest BCUT2D eigenvalue weighted by molar-refractivity contribution is -0.145. The SMILES string of the molecule is CCOC(=O)CC1C(=O)NCCN1c1ncnc([N+](C)(C)C(=O)OC2=CCCC=C2)n1. The molecule has 166 valence electrons. The second kappa shape index (κ2) is 9.65. The lowest BCUT2D eigenvalue weighted by atomic mass is 10.1. The summed E-state index contributed by atoms with van der Waals surface area (Å²) in [5.74, 6) is 0.0305. The number of carbonyl (C=O) groups is 3. The van der Waals surface area contributed by atoms with E-state index in [2.05, 4.69) is 20.3 Å². The summed E-state index contributed by atoms with van der Waals surface area (Å²) in [5.41, 5.74) is 0. The number of aromatic nitrogens is 3. The number of anilines is 1. The molecule has 1 aromatic rings. The number of nitrogens with zero attached hydrogens (tertiary/aromatic N) is 5. The average molecular weight is 431 g/mol. The van der Waals surface area contributed by atoms with E-state index in [1.165, 1.54) is 6.33 Å². The Morgan fingerprint density at radius 2 is 2.10 bits per heavy atom. The Morgan fingerprint density at radius 1 is 1.29 bits per heavy atom. The minimum absolute atomic E-state index is 0.137. The third-order valence-electron chi connectivity index (χ3n) is 4.92. The molecule has 1 aliphatic heterocycles. The molecule has 31 heavy (non-hydrogen) atoms. The van der Waals surface area contributed by atoms with Crippen LogP contribution in [0.15, 0.2) is 30.3 Å². The first-order valence-corrected chi connectivity index (χ1v) is 10.2. The average Bonchev–Trinajstić information content (AvgIpc) is 2.76. The van der Waals surface area contributed by atoms with Crippen molar-refractivity contribution in [2.45, 2.75) is 32.2 Å². The topological polar surface area (TPSA) is 124 Å². The van der Waals surface area contributed by atoms with Gasteiger partial charge in [-0.15, -0.1) is 4.98 Å². The molecule has 0 radical (unpaired) electrons. The van der Waals surface area contributed by atoms with Crippen molar-refractivity contribution >= 4 is 29.9 Å². The van der Waals surface area contributed by atoms with Crippen molar-refractivity contribution in [2.75, 3.05) is 38.7 Å². The number of esters is 1. The van der Waals surface area contributed by atoms with Crippen molar-refractivity contribution in [3.63, 3.8) is 0 Å². The Labute approximate surface area is 180 Å². The normalized spacial score (nSPS) is 18.8. The van der Waals surface area contributed by atoms with Gasteiger partial charge < -0.3 is 19.7 Å². The molecular formula is C20H27N6O5+. The molecule has 1 fully saturated rings. The molecular weight excluding hydrogens is 404 g/mol. The largest absolute Gasteiger partial charge is 0.528 e. The molecule has 1 aliphatic carbocycles. The Bertz CT molecular complexity index is 913. The lowest BCUT2D eigenvalue weighted by Crippen LogP contribution is -2.57. The van der Waals surface area contributed by atoms with E-state index >= 15 is 0 Å². The van der Waals surface area contributed by atoms with E-state index in [-0.39, 0.29) is 35.3 Å². The van der Waals surface area contributed by atoms with Gasteiger partial charge in [0.1, 0.15) is 18.1 Å². The Kier molecular flexibility index (Phi) is 6.95. The molecule has 2 aliphatic rings. The second-order valence-corrected chi connectivity index (χ2v) is 7.50. The van der Waals surface area contributed by atoms with E-state index in [9.17, 15) is 14.4 Å². The zero-order chi connectivity index (χ0) is 22.4. The number of carbonyl (C=O) groups excluding carboxylic acids is 3. The summed E-state index contributed by atoms with van der Waals surface area (Å²) in [6.45, 7) is 2.70. The van der Waals surface area contributed by atoms with Crippen molar-refractivity contribution in [1.29, 1.82) is 0 Å². The molecule has 0 spiro atoms. The summed E-state index contributed by atoms with van der Waals surface area (Å²) < 4.78 is 10.1. The Balaban J connectivity index is 1.82. The summed E-state index contributed by atoms with van der Waals surface area (Å²) in [7, 11) is 3.21. The quantitative estimate of drug-likeness (QED) is 0.520. The summed E-state index contributed by atoms with van der Waals surface area (Å²) >= 11 is 0. The van der Waals surface area contributed by atoms with Gasteiger partial charge in [0, 0.05) is 13.1 Å². The van der Waals surface area contributed by atoms with Crippen LogP contribution in [0, 0.1) is 0 Å².